The number of urea groups is 1. The fourth-order valence-corrected chi connectivity index (χ4v) is 3.92. The van der Waals surface area contributed by atoms with Crippen molar-refractivity contribution in [1.82, 2.24) is 20.5 Å². The first-order valence-electron chi connectivity index (χ1n) is 10.6. The second-order valence-electron chi connectivity index (χ2n) is 7.73. The Balaban J connectivity index is 1.49. The number of pyridine rings is 1. The van der Waals surface area contributed by atoms with Gasteiger partial charge in [-0.3, -0.25) is 0 Å². The van der Waals surface area contributed by atoms with E-state index in [-0.39, 0.29) is 36.1 Å². The molecule has 0 saturated carbocycles. The molecule has 2 amide bonds. The van der Waals surface area contributed by atoms with E-state index in [9.17, 15) is 9.18 Å². The van der Waals surface area contributed by atoms with E-state index < -0.39 is 5.82 Å². The lowest BCUT2D eigenvalue weighted by Gasteiger charge is -2.29. The van der Waals surface area contributed by atoms with Crippen molar-refractivity contribution in [3.8, 4) is 17.6 Å². The first kappa shape index (κ1) is 24.9. The molecule has 33 heavy (non-hydrogen) atoms. The molecule has 1 aliphatic rings. The maximum absolute atomic E-state index is 13.6. The van der Waals surface area contributed by atoms with Gasteiger partial charge in [0.05, 0.1) is 18.2 Å². The molecular weight excluding hydrogens is 468 g/mol. The number of nitrogens with two attached hydrogens (primary N) is 1. The number of nitrogen functional groups attached to an aromatic ring is 1. The van der Waals surface area contributed by atoms with Crippen molar-refractivity contribution in [2.24, 2.45) is 0 Å². The summed E-state index contributed by atoms with van der Waals surface area (Å²) in [6.07, 6.45) is 3.69. The average molecular weight is 494 g/mol. The predicted octanol–water partition coefficient (Wildman–Crippen LogP) is 3.48. The Morgan fingerprint density at radius 3 is 2.88 bits per heavy atom. The molecule has 0 spiro atoms. The van der Waals surface area contributed by atoms with E-state index >= 15 is 0 Å². The summed E-state index contributed by atoms with van der Waals surface area (Å²) in [4.78, 5) is 18.3. The molecular formula is C23H26Cl2FN5O2. The van der Waals surface area contributed by atoms with Crippen LogP contribution in [0.4, 0.5) is 15.0 Å². The van der Waals surface area contributed by atoms with Crippen LogP contribution in [0.15, 0.2) is 24.4 Å². The molecule has 2 heterocycles. The zero-order valence-electron chi connectivity index (χ0n) is 18.3. The number of hydrogen-bond acceptors (Lipinski definition) is 5. The largest absolute Gasteiger partial charge is 0.489 e. The highest BCUT2D eigenvalue weighted by Crippen LogP contribution is 2.28. The number of likely N-dealkylation sites (tertiary alicyclic amines) is 1. The second kappa shape index (κ2) is 11.9. The molecule has 1 aliphatic heterocycles. The fourth-order valence-electron chi connectivity index (χ4n) is 3.36. The van der Waals surface area contributed by atoms with Gasteiger partial charge in [0, 0.05) is 35.3 Å². The lowest BCUT2D eigenvalue weighted by atomic mass is 10.1. The summed E-state index contributed by atoms with van der Waals surface area (Å²) in [7, 11) is 2.07. The summed E-state index contributed by atoms with van der Waals surface area (Å²) in [5, 5.41) is 6.04. The maximum Gasteiger partial charge on any atom is 0.315 e. The van der Waals surface area contributed by atoms with Crippen molar-refractivity contribution < 1.29 is 13.9 Å². The van der Waals surface area contributed by atoms with Gasteiger partial charge in [0.2, 0.25) is 0 Å². The minimum absolute atomic E-state index is 0.0239. The molecule has 10 heteroatoms. The minimum atomic E-state index is -0.539. The molecule has 0 bridgehead atoms. The number of rotatable bonds is 6. The summed E-state index contributed by atoms with van der Waals surface area (Å²) < 4.78 is 19.3. The quantitative estimate of drug-likeness (QED) is 0.423. The van der Waals surface area contributed by atoms with Gasteiger partial charge in [-0.2, -0.15) is 0 Å². The standard InChI is InChI=1S/C23H26Cl2FN5O2/c1-31-10-6-16(7-11-31)30-23(32)28-9-2-3-15-13-20(22(27)29-14-15)33-12-8-17-18(24)4-5-19(26)21(17)25/h4-5,13-14,16H,6-12H2,1H3,(H2,27,29)(H2,28,30,32). The van der Waals surface area contributed by atoms with Gasteiger partial charge in [0.25, 0.3) is 0 Å². The predicted molar refractivity (Wildman–Crippen MR) is 128 cm³/mol. The summed E-state index contributed by atoms with van der Waals surface area (Å²) in [5.41, 5.74) is 6.93. The number of piperidine rings is 1. The van der Waals surface area contributed by atoms with Crippen LogP contribution in [0.2, 0.25) is 10.0 Å². The third-order valence-corrected chi connectivity index (χ3v) is 6.02. The van der Waals surface area contributed by atoms with Gasteiger partial charge >= 0.3 is 6.03 Å². The van der Waals surface area contributed by atoms with Crippen molar-refractivity contribution in [3.05, 3.63) is 51.4 Å². The first-order chi connectivity index (χ1) is 15.8. The van der Waals surface area contributed by atoms with Crippen molar-refractivity contribution in [3.63, 3.8) is 0 Å². The summed E-state index contributed by atoms with van der Waals surface area (Å²) in [6.45, 7) is 2.31. The third kappa shape index (κ3) is 7.39. The molecule has 4 N–H and O–H groups in total. The number of amides is 2. The number of anilines is 1. The molecule has 1 fully saturated rings. The molecule has 7 nitrogen and oxygen atoms in total. The molecule has 176 valence electrons. The Kier molecular flexibility index (Phi) is 9.01. The highest BCUT2D eigenvalue weighted by atomic mass is 35.5. The third-order valence-electron chi connectivity index (χ3n) is 5.25. The van der Waals surface area contributed by atoms with Gasteiger partial charge in [0.1, 0.15) is 5.82 Å². The Morgan fingerprint density at radius 2 is 2.12 bits per heavy atom. The number of halogens is 3. The molecule has 1 aromatic heterocycles. The smallest absolute Gasteiger partial charge is 0.315 e. The highest BCUT2D eigenvalue weighted by molar-refractivity contribution is 6.36. The van der Waals surface area contributed by atoms with Gasteiger partial charge in [-0.15, -0.1) is 0 Å². The fraction of sp³-hybridized carbons (Fsp3) is 0.391. The van der Waals surface area contributed by atoms with E-state index in [0.29, 0.717) is 28.3 Å². The van der Waals surface area contributed by atoms with Gasteiger partial charge in [-0.1, -0.05) is 35.0 Å². The number of benzene rings is 1. The molecule has 1 aromatic carbocycles. The van der Waals surface area contributed by atoms with Crippen LogP contribution in [0.1, 0.15) is 24.0 Å². The van der Waals surface area contributed by atoms with Crippen molar-refractivity contribution in [2.45, 2.75) is 25.3 Å². The SMILES string of the molecule is CN1CCC(NC(=O)NCC#Cc2cnc(N)c(OCCc3c(Cl)ccc(F)c3Cl)c2)CC1. The number of nitrogens with zero attached hydrogens (tertiary/aromatic N) is 2. The number of aromatic nitrogens is 1. The van der Waals surface area contributed by atoms with Crippen molar-refractivity contribution in [1.29, 1.82) is 0 Å². The maximum atomic E-state index is 13.6. The van der Waals surface area contributed by atoms with Crippen LogP contribution in [-0.4, -0.2) is 55.2 Å². The second-order valence-corrected chi connectivity index (χ2v) is 8.52. The Morgan fingerprint density at radius 1 is 1.36 bits per heavy atom. The number of nitrogens with one attached hydrogen (secondary N) is 2. The van der Waals surface area contributed by atoms with Crippen LogP contribution in [0, 0.1) is 17.7 Å². The summed E-state index contributed by atoms with van der Waals surface area (Å²) in [6, 6.07) is 4.28. The zero-order valence-corrected chi connectivity index (χ0v) is 19.8. The first-order valence-corrected chi connectivity index (χ1v) is 11.3. The Hall–Kier alpha value is -2.73. The molecule has 3 rings (SSSR count). The van der Waals surface area contributed by atoms with Gasteiger partial charge in [0.15, 0.2) is 11.6 Å². The summed E-state index contributed by atoms with van der Waals surface area (Å²) in [5.74, 6) is 5.81. The molecule has 2 aromatic rings. The zero-order chi connectivity index (χ0) is 23.8. The monoisotopic (exact) mass is 493 g/mol. The molecule has 0 unspecified atom stereocenters. The van der Waals surface area contributed by atoms with Crippen LogP contribution in [0.3, 0.4) is 0 Å². The van der Waals surface area contributed by atoms with E-state index in [1.807, 2.05) is 0 Å². The van der Waals surface area contributed by atoms with E-state index in [0.717, 1.165) is 25.9 Å². The Labute approximate surface area is 202 Å². The van der Waals surface area contributed by atoms with E-state index in [1.54, 1.807) is 6.07 Å². The normalized spacial score (nSPS) is 14.3. The van der Waals surface area contributed by atoms with Crippen LogP contribution < -0.4 is 21.1 Å². The number of carbonyl (C=O) groups is 1. The molecule has 0 atom stereocenters. The average Bonchev–Trinajstić information content (AvgIpc) is 2.79. The topological polar surface area (TPSA) is 92.5 Å². The van der Waals surface area contributed by atoms with E-state index in [4.69, 9.17) is 33.7 Å². The lowest BCUT2D eigenvalue weighted by molar-refractivity contribution is 0.214. The highest BCUT2D eigenvalue weighted by Gasteiger charge is 2.18. The van der Waals surface area contributed by atoms with E-state index in [1.165, 1.54) is 18.3 Å². The summed E-state index contributed by atoms with van der Waals surface area (Å²) >= 11 is 12.1. The molecule has 0 radical (unpaired) electrons. The van der Waals surface area contributed by atoms with Crippen LogP contribution >= 0.6 is 23.2 Å². The number of ether oxygens (including phenoxy) is 1. The van der Waals surface area contributed by atoms with Crippen molar-refractivity contribution in [2.75, 3.05) is 39.0 Å². The van der Waals surface area contributed by atoms with Crippen LogP contribution in [-0.2, 0) is 6.42 Å². The van der Waals surface area contributed by atoms with Gasteiger partial charge in [-0.05, 0) is 50.7 Å². The Bertz CT molecular complexity index is 1050. The van der Waals surface area contributed by atoms with Gasteiger partial charge < -0.3 is 26.0 Å². The van der Waals surface area contributed by atoms with Crippen LogP contribution in [0.25, 0.3) is 0 Å². The molecule has 0 aliphatic carbocycles. The number of carbonyl (C=O) groups excluding carboxylic acids is 1. The minimum Gasteiger partial charge on any atom is -0.489 e. The van der Waals surface area contributed by atoms with Crippen LogP contribution in [0.5, 0.6) is 5.75 Å². The lowest BCUT2D eigenvalue weighted by Crippen LogP contribution is -2.47. The number of hydrogen-bond donors (Lipinski definition) is 3. The van der Waals surface area contributed by atoms with Crippen molar-refractivity contribution >= 4 is 35.1 Å². The molecule has 1 saturated heterocycles. The van der Waals surface area contributed by atoms with E-state index in [2.05, 4.69) is 39.4 Å². The van der Waals surface area contributed by atoms with Gasteiger partial charge in [-0.25, -0.2) is 14.2 Å².